The summed E-state index contributed by atoms with van der Waals surface area (Å²) < 4.78 is 0. The van der Waals surface area contributed by atoms with E-state index in [1.54, 1.807) is 0 Å². The molecule has 0 N–H and O–H groups in total. The van der Waals surface area contributed by atoms with Crippen molar-refractivity contribution in [2.75, 3.05) is 0 Å². The minimum absolute atomic E-state index is 0.0301. The Balaban J connectivity index is 2.77. The number of hydrogen-bond acceptors (Lipinski definition) is 2. The summed E-state index contributed by atoms with van der Waals surface area (Å²) in [4.78, 5) is 21.4. The van der Waals surface area contributed by atoms with Crippen molar-refractivity contribution in [1.82, 2.24) is 0 Å². The van der Waals surface area contributed by atoms with Crippen molar-refractivity contribution in [3.8, 4) is 0 Å². The van der Waals surface area contributed by atoms with Crippen molar-refractivity contribution < 1.29 is 9.59 Å². The molecule has 0 saturated heterocycles. The Kier molecular flexibility index (Phi) is 1.39. The Hall–Kier alpha value is -0.660. The van der Waals surface area contributed by atoms with E-state index in [-0.39, 0.29) is 23.4 Å². The van der Waals surface area contributed by atoms with Crippen LogP contribution in [0.2, 0.25) is 0 Å². The van der Waals surface area contributed by atoms with Gasteiger partial charge in [0.25, 0.3) is 0 Å². The van der Waals surface area contributed by atoms with Crippen LogP contribution in [0.1, 0.15) is 20.3 Å². The molecule has 9 heavy (non-hydrogen) atoms. The molecule has 0 heterocycles. The van der Waals surface area contributed by atoms with Crippen molar-refractivity contribution in [2.45, 2.75) is 20.3 Å². The number of carbonyl (C=O) groups is 2. The topological polar surface area (TPSA) is 34.1 Å². The van der Waals surface area contributed by atoms with Crippen molar-refractivity contribution in [1.29, 1.82) is 0 Å². The molecule has 1 saturated carbocycles. The van der Waals surface area contributed by atoms with Crippen LogP contribution in [0.15, 0.2) is 0 Å². The summed E-state index contributed by atoms with van der Waals surface area (Å²) in [6.45, 7) is 3.76. The highest BCUT2D eigenvalue weighted by atomic mass is 16.2. The molecule has 0 aliphatic heterocycles. The highest BCUT2D eigenvalue weighted by Gasteiger charge is 2.34. The molecule has 1 aliphatic rings. The molecule has 0 unspecified atom stereocenters. The molecule has 2 atom stereocenters. The van der Waals surface area contributed by atoms with Gasteiger partial charge in [0.2, 0.25) is 5.78 Å². The molecule has 0 spiro atoms. The van der Waals surface area contributed by atoms with E-state index in [0.717, 1.165) is 0 Å². The van der Waals surface area contributed by atoms with Gasteiger partial charge in [-0.1, -0.05) is 13.8 Å². The van der Waals surface area contributed by atoms with Crippen molar-refractivity contribution >= 4 is 11.6 Å². The largest absolute Gasteiger partial charge is 0.291 e. The molecule has 0 amide bonds. The molecular weight excluding hydrogens is 116 g/mol. The summed E-state index contributed by atoms with van der Waals surface area (Å²) in [7, 11) is 0. The predicted octanol–water partition coefficient (Wildman–Crippen LogP) is 0.800. The lowest BCUT2D eigenvalue weighted by molar-refractivity contribution is -0.135. The van der Waals surface area contributed by atoms with E-state index < -0.39 is 0 Å². The second-order valence-corrected chi connectivity index (χ2v) is 2.76. The first kappa shape index (κ1) is 6.46. The van der Waals surface area contributed by atoms with Crippen LogP contribution in [0.25, 0.3) is 0 Å². The Morgan fingerprint density at radius 3 is 2.00 bits per heavy atom. The van der Waals surface area contributed by atoms with Crippen LogP contribution in [0, 0.1) is 11.8 Å². The second-order valence-electron chi connectivity index (χ2n) is 2.76. The van der Waals surface area contributed by atoms with Gasteiger partial charge in [-0.05, 0) is 5.92 Å². The fraction of sp³-hybridized carbons (Fsp3) is 0.714. The maximum atomic E-state index is 10.8. The van der Waals surface area contributed by atoms with Gasteiger partial charge in [0.15, 0.2) is 5.78 Å². The molecular formula is C7H10O2. The Morgan fingerprint density at radius 2 is 1.89 bits per heavy atom. The van der Waals surface area contributed by atoms with E-state index >= 15 is 0 Å². The summed E-state index contributed by atoms with van der Waals surface area (Å²) >= 11 is 0. The van der Waals surface area contributed by atoms with Gasteiger partial charge < -0.3 is 0 Å². The van der Waals surface area contributed by atoms with Crippen molar-refractivity contribution in [3.63, 3.8) is 0 Å². The van der Waals surface area contributed by atoms with Crippen molar-refractivity contribution in [2.24, 2.45) is 11.8 Å². The third-order valence-electron chi connectivity index (χ3n) is 2.05. The predicted molar refractivity (Wildman–Crippen MR) is 33.0 cm³/mol. The second kappa shape index (κ2) is 1.94. The first-order valence-corrected chi connectivity index (χ1v) is 3.20. The van der Waals surface area contributed by atoms with Crippen LogP contribution < -0.4 is 0 Å². The zero-order valence-corrected chi connectivity index (χ0v) is 5.68. The lowest BCUT2D eigenvalue weighted by atomic mass is 10.0. The van der Waals surface area contributed by atoms with Gasteiger partial charge in [-0.2, -0.15) is 0 Å². The molecule has 0 aromatic rings. The zero-order chi connectivity index (χ0) is 7.02. The quantitative estimate of drug-likeness (QED) is 0.450. The van der Waals surface area contributed by atoms with Crippen LogP contribution in [0.5, 0.6) is 0 Å². The summed E-state index contributed by atoms with van der Waals surface area (Å²) in [5.41, 5.74) is 0. The lowest BCUT2D eigenvalue weighted by Gasteiger charge is -2.02. The maximum Gasteiger partial charge on any atom is 0.201 e. The third-order valence-corrected chi connectivity index (χ3v) is 2.05. The van der Waals surface area contributed by atoms with Crippen LogP contribution in [0.4, 0.5) is 0 Å². The molecule has 50 valence electrons. The molecule has 0 radical (unpaired) electrons. The van der Waals surface area contributed by atoms with Gasteiger partial charge >= 0.3 is 0 Å². The van der Waals surface area contributed by atoms with E-state index in [9.17, 15) is 9.59 Å². The minimum atomic E-state index is -0.185. The Bertz CT molecular complexity index is 160. The summed E-state index contributed by atoms with van der Waals surface area (Å²) in [5.74, 6) is -0.125. The van der Waals surface area contributed by atoms with Crippen LogP contribution in [-0.4, -0.2) is 11.6 Å². The number of Topliss-reactive ketones (excluding diaryl/α,β-unsaturated/α-hetero) is 2. The molecule has 1 fully saturated rings. The third kappa shape index (κ3) is 0.889. The fourth-order valence-electron chi connectivity index (χ4n) is 1.08. The fourth-order valence-corrected chi connectivity index (χ4v) is 1.08. The van der Waals surface area contributed by atoms with Gasteiger partial charge in [0.1, 0.15) is 0 Å². The van der Waals surface area contributed by atoms with Gasteiger partial charge in [-0.15, -0.1) is 0 Å². The molecule has 0 aromatic heterocycles. The zero-order valence-electron chi connectivity index (χ0n) is 5.68. The van der Waals surface area contributed by atoms with Crippen molar-refractivity contribution in [3.05, 3.63) is 0 Å². The van der Waals surface area contributed by atoms with E-state index in [1.165, 1.54) is 0 Å². The number of carbonyl (C=O) groups excluding carboxylic acids is 2. The van der Waals surface area contributed by atoms with Gasteiger partial charge in [-0.25, -0.2) is 0 Å². The number of rotatable bonds is 0. The molecule has 0 aromatic carbocycles. The average Bonchev–Trinajstić information content (AvgIpc) is 1.98. The van der Waals surface area contributed by atoms with Gasteiger partial charge in [-0.3, -0.25) is 9.59 Å². The summed E-state index contributed by atoms with van der Waals surface area (Å²) in [5, 5.41) is 0. The van der Waals surface area contributed by atoms with Crippen LogP contribution in [0.3, 0.4) is 0 Å². The highest BCUT2D eigenvalue weighted by molar-refractivity contribution is 6.39. The summed E-state index contributed by atoms with van der Waals surface area (Å²) in [6.07, 6.45) is 0.458. The van der Waals surface area contributed by atoms with Gasteiger partial charge in [0, 0.05) is 12.3 Å². The monoisotopic (exact) mass is 126 g/mol. The van der Waals surface area contributed by atoms with E-state index in [1.807, 2.05) is 13.8 Å². The SMILES string of the molecule is C[C@H]1CC(=O)C(=O)[C@@H]1C. The molecule has 0 bridgehead atoms. The Morgan fingerprint density at radius 1 is 1.33 bits per heavy atom. The van der Waals surface area contributed by atoms with Gasteiger partial charge in [0.05, 0.1) is 0 Å². The number of hydrogen-bond donors (Lipinski definition) is 0. The number of ketones is 2. The minimum Gasteiger partial charge on any atom is -0.291 e. The summed E-state index contributed by atoms with van der Waals surface area (Å²) in [6, 6.07) is 0. The molecule has 2 heteroatoms. The van der Waals surface area contributed by atoms with E-state index in [0.29, 0.717) is 6.42 Å². The lowest BCUT2D eigenvalue weighted by Crippen LogP contribution is -2.11. The Labute approximate surface area is 54.2 Å². The average molecular weight is 126 g/mol. The first-order chi connectivity index (χ1) is 4.13. The first-order valence-electron chi connectivity index (χ1n) is 3.20. The molecule has 1 aliphatic carbocycles. The van der Waals surface area contributed by atoms with Crippen LogP contribution in [-0.2, 0) is 9.59 Å². The molecule has 1 rings (SSSR count). The molecule has 2 nitrogen and oxygen atoms in total. The van der Waals surface area contributed by atoms with Crippen LogP contribution >= 0.6 is 0 Å². The van der Waals surface area contributed by atoms with E-state index in [2.05, 4.69) is 0 Å². The smallest absolute Gasteiger partial charge is 0.201 e. The highest BCUT2D eigenvalue weighted by Crippen LogP contribution is 2.24. The maximum absolute atomic E-state index is 10.8. The normalized spacial score (nSPS) is 35.8. The van der Waals surface area contributed by atoms with E-state index in [4.69, 9.17) is 0 Å². The standard InChI is InChI=1S/C7H10O2/c1-4-3-6(8)7(9)5(4)2/h4-5H,3H2,1-2H3/t4-,5+/m0/s1.